The number of phosphoric acid groups is 1. The predicted molar refractivity (Wildman–Crippen MR) is 247 cm³/mol. The minimum Gasteiger partial charge on any atom is -0.457 e. The molecular weight excluding hydrogens is 746 g/mol. The van der Waals surface area contributed by atoms with Gasteiger partial charge in [0.2, 0.25) is 0 Å². The van der Waals surface area contributed by atoms with Crippen LogP contribution in [0.2, 0.25) is 0 Å². The summed E-state index contributed by atoms with van der Waals surface area (Å²) in [6.07, 6.45) is 62.3. The van der Waals surface area contributed by atoms with Crippen LogP contribution < -0.4 is 5.73 Å². The van der Waals surface area contributed by atoms with E-state index in [2.05, 4.69) is 135 Å². The average molecular weight is 826 g/mol. The number of hydrogen-bond donors (Lipinski definition) is 2. The lowest BCUT2D eigenvalue weighted by Gasteiger charge is -2.20. The second-order valence-electron chi connectivity index (χ2n) is 13.8. The van der Waals surface area contributed by atoms with Gasteiger partial charge in [-0.3, -0.25) is 13.8 Å². The standard InChI is InChI=1S/C49H80NO7P/c1-3-5-7-9-11-13-15-17-18-19-20-21-22-23-24-25-26-27-28-29-31-33-35-37-39-41-44-54-46-48(47-56-58(52,53)55-45-43-50)57-49(51)42-40-38-36-34-32-30-16-14-12-10-8-6-4-2/h5-8,11-14,17-18,20-21,23-24,26-27,29-32,48H,3-4,9-10,15-16,19,22,25,28,33-47,50H2,1-2H3,(H,52,53)/b7-5-,8-6-,13-11-,14-12-,18-17-,21-20-,24-23-,27-26-,31-29-,32-30-. The number of hydrogen-bond acceptors (Lipinski definition) is 7. The topological polar surface area (TPSA) is 117 Å². The second kappa shape index (κ2) is 45.0. The van der Waals surface area contributed by atoms with Gasteiger partial charge < -0.3 is 20.1 Å². The molecule has 0 aromatic carbocycles. The Hall–Kier alpha value is -3.10. The maximum Gasteiger partial charge on any atom is 0.472 e. The molecule has 0 fully saturated rings. The Balaban J connectivity index is 4.12. The van der Waals surface area contributed by atoms with Gasteiger partial charge in [-0.25, -0.2) is 4.57 Å². The number of rotatable bonds is 40. The molecule has 0 aromatic heterocycles. The summed E-state index contributed by atoms with van der Waals surface area (Å²) < 4.78 is 33.3. The first-order chi connectivity index (χ1) is 28.4. The van der Waals surface area contributed by atoms with Gasteiger partial charge in [-0.1, -0.05) is 155 Å². The van der Waals surface area contributed by atoms with E-state index in [0.29, 0.717) is 13.0 Å². The number of carbonyl (C=O) groups is 1. The molecule has 0 bridgehead atoms. The number of phosphoric ester groups is 1. The molecule has 0 radical (unpaired) electrons. The monoisotopic (exact) mass is 826 g/mol. The Bertz CT molecular complexity index is 1290. The Morgan fingerprint density at radius 1 is 0.517 bits per heavy atom. The van der Waals surface area contributed by atoms with Crippen LogP contribution in [-0.2, 0) is 27.9 Å². The molecule has 0 saturated carbocycles. The van der Waals surface area contributed by atoms with E-state index >= 15 is 0 Å². The smallest absolute Gasteiger partial charge is 0.457 e. The van der Waals surface area contributed by atoms with Crippen LogP contribution in [0.4, 0.5) is 0 Å². The molecule has 0 spiro atoms. The minimum atomic E-state index is -4.30. The Morgan fingerprint density at radius 3 is 1.34 bits per heavy atom. The lowest BCUT2D eigenvalue weighted by molar-refractivity contribution is -0.154. The third-order valence-corrected chi connectivity index (χ3v) is 9.36. The molecule has 0 aliphatic rings. The molecular formula is C49H80NO7P. The van der Waals surface area contributed by atoms with Crippen LogP contribution in [0, 0.1) is 0 Å². The molecule has 0 heterocycles. The first kappa shape index (κ1) is 54.9. The summed E-state index contributed by atoms with van der Waals surface area (Å²) in [5, 5.41) is 0. The SMILES string of the molecule is CC/C=C\C/C=C\C/C=C\C/C=C\C/C=C\C/C=C\C/C=C\CCCCCCOCC(COP(=O)(O)OCCN)OC(=O)CCCCC/C=C\C/C=C\C/C=C\CC. The van der Waals surface area contributed by atoms with Crippen LogP contribution in [0.5, 0.6) is 0 Å². The van der Waals surface area contributed by atoms with Crippen LogP contribution in [0.1, 0.15) is 142 Å². The van der Waals surface area contributed by atoms with E-state index in [-0.39, 0.29) is 38.8 Å². The molecule has 8 nitrogen and oxygen atoms in total. The molecule has 328 valence electrons. The largest absolute Gasteiger partial charge is 0.472 e. The fourth-order valence-electron chi connectivity index (χ4n) is 5.22. The van der Waals surface area contributed by atoms with E-state index in [1.54, 1.807) is 0 Å². The van der Waals surface area contributed by atoms with E-state index in [0.717, 1.165) is 116 Å². The van der Waals surface area contributed by atoms with Gasteiger partial charge in [-0.15, -0.1) is 0 Å². The minimum absolute atomic E-state index is 0.0775. The zero-order valence-corrected chi connectivity index (χ0v) is 37.1. The number of esters is 1. The van der Waals surface area contributed by atoms with Gasteiger partial charge in [0.15, 0.2) is 0 Å². The molecule has 3 N–H and O–H groups in total. The van der Waals surface area contributed by atoms with Crippen LogP contribution in [0.25, 0.3) is 0 Å². The first-order valence-corrected chi connectivity index (χ1v) is 23.5. The lowest BCUT2D eigenvalue weighted by Crippen LogP contribution is -2.28. The fraction of sp³-hybridized carbons (Fsp3) is 0.571. The zero-order chi connectivity index (χ0) is 42.3. The van der Waals surface area contributed by atoms with Gasteiger partial charge >= 0.3 is 13.8 Å². The van der Waals surface area contributed by atoms with Gasteiger partial charge in [0.1, 0.15) is 6.10 Å². The molecule has 2 unspecified atom stereocenters. The lowest BCUT2D eigenvalue weighted by atomic mass is 10.1. The summed E-state index contributed by atoms with van der Waals surface area (Å²) in [5.41, 5.74) is 5.36. The van der Waals surface area contributed by atoms with Gasteiger partial charge in [-0.05, 0) is 103 Å². The Morgan fingerprint density at radius 2 is 0.914 bits per heavy atom. The summed E-state index contributed by atoms with van der Waals surface area (Å²) in [6.45, 7) is 4.54. The van der Waals surface area contributed by atoms with Crippen LogP contribution in [0.3, 0.4) is 0 Å². The van der Waals surface area contributed by atoms with Crippen LogP contribution >= 0.6 is 7.82 Å². The van der Waals surface area contributed by atoms with Crippen molar-refractivity contribution in [3.8, 4) is 0 Å². The molecule has 0 aromatic rings. The molecule has 58 heavy (non-hydrogen) atoms. The maximum atomic E-state index is 12.6. The third kappa shape index (κ3) is 44.0. The molecule has 0 aliphatic heterocycles. The number of ether oxygens (including phenoxy) is 2. The number of unbranched alkanes of at least 4 members (excludes halogenated alkanes) is 7. The number of nitrogens with two attached hydrogens (primary N) is 1. The van der Waals surface area contributed by atoms with Crippen molar-refractivity contribution in [1.82, 2.24) is 0 Å². The van der Waals surface area contributed by atoms with E-state index < -0.39 is 13.9 Å². The molecule has 0 rings (SSSR count). The van der Waals surface area contributed by atoms with Gasteiger partial charge in [0.25, 0.3) is 0 Å². The van der Waals surface area contributed by atoms with Crippen molar-refractivity contribution < 1.29 is 32.8 Å². The van der Waals surface area contributed by atoms with Crippen LogP contribution in [-0.4, -0.2) is 49.9 Å². The van der Waals surface area contributed by atoms with Crippen molar-refractivity contribution in [1.29, 1.82) is 0 Å². The summed E-state index contributed by atoms with van der Waals surface area (Å²) in [4.78, 5) is 22.4. The van der Waals surface area contributed by atoms with Crippen molar-refractivity contribution in [3.63, 3.8) is 0 Å². The van der Waals surface area contributed by atoms with Crippen molar-refractivity contribution in [2.45, 2.75) is 148 Å². The Kier molecular flexibility index (Phi) is 42.6. The normalized spacial score (nSPS) is 14.6. The highest BCUT2D eigenvalue weighted by Crippen LogP contribution is 2.43. The van der Waals surface area contributed by atoms with Crippen molar-refractivity contribution in [2.75, 3.05) is 33.0 Å². The summed E-state index contributed by atoms with van der Waals surface area (Å²) >= 11 is 0. The quantitative estimate of drug-likeness (QED) is 0.0271. The first-order valence-electron chi connectivity index (χ1n) is 22.0. The van der Waals surface area contributed by atoms with Crippen LogP contribution in [0.15, 0.2) is 122 Å². The number of carbonyl (C=O) groups excluding carboxylic acids is 1. The predicted octanol–water partition coefficient (Wildman–Crippen LogP) is 13.4. The van der Waals surface area contributed by atoms with E-state index in [1.807, 2.05) is 0 Å². The molecule has 2 atom stereocenters. The van der Waals surface area contributed by atoms with E-state index in [4.69, 9.17) is 24.3 Å². The van der Waals surface area contributed by atoms with Gasteiger partial charge in [0, 0.05) is 19.6 Å². The zero-order valence-electron chi connectivity index (χ0n) is 36.2. The van der Waals surface area contributed by atoms with Crippen molar-refractivity contribution in [2.24, 2.45) is 5.73 Å². The van der Waals surface area contributed by atoms with E-state index in [9.17, 15) is 14.3 Å². The fourth-order valence-corrected chi connectivity index (χ4v) is 5.99. The Labute approximate surface area is 354 Å². The summed E-state index contributed by atoms with van der Waals surface area (Å²) in [7, 11) is -4.30. The molecule has 9 heteroatoms. The molecule has 0 aliphatic carbocycles. The van der Waals surface area contributed by atoms with E-state index in [1.165, 1.54) is 0 Å². The highest BCUT2D eigenvalue weighted by atomic mass is 31.2. The average Bonchev–Trinajstić information content (AvgIpc) is 3.21. The maximum absolute atomic E-state index is 12.6. The third-order valence-electron chi connectivity index (χ3n) is 8.37. The van der Waals surface area contributed by atoms with Gasteiger partial charge in [0.05, 0.1) is 19.8 Å². The summed E-state index contributed by atoms with van der Waals surface area (Å²) in [6, 6.07) is 0. The van der Waals surface area contributed by atoms with Crippen molar-refractivity contribution in [3.05, 3.63) is 122 Å². The molecule has 0 saturated heterocycles. The second-order valence-corrected chi connectivity index (χ2v) is 15.2. The highest BCUT2D eigenvalue weighted by Gasteiger charge is 2.25. The number of allylic oxidation sites excluding steroid dienone is 20. The summed E-state index contributed by atoms with van der Waals surface area (Å²) in [5.74, 6) is -0.375. The molecule has 0 amide bonds. The van der Waals surface area contributed by atoms with Crippen molar-refractivity contribution >= 4 is 13.8 Å². The van der Waals surface area contributed by atoms with Gasteiger partial charge in [-0.2, -0.15) is 0 Å². The highest BCUT2D eigenvalue weighted by molar-refractivity contribution is 7.47.